The Morgan fingerprint density at radius 1 is 1.06 bits per heavy atom. The molecule has 0 amide bonds. The number of hydrogen-bond donors (Lipinski definition) is 0. The molecular weight excluding hydrogens is 314 g/mol. The number of anilines is 1. The largest absolute Gasteiger partial charge is 1.00 e. The van der Waals surface area contributed by atoms with Gasteiger partial charge in [0.1, 0.15) is 0 Å². The molecule has 0 bridgehead atoms. The van der Waals surface area contributed by atoms with Crippen molar-refractivity contribution in [1.82, 2.24) is 0 Å². The Morgan fingerprint density at radius 3 is 2.06 bits per heavy atom. The molecule has 4 nitrogen and oxygen atoms in total. The van der Waals surface area contributed by atoms with E-state index in [0.717, 1.165) is 32.0 Å². The van der Waals surface area contributed by atoms with Crippen LogP contribution in [-0.2, 0) is 24.2 Å². The van der Waals surface area contributed by atoms with Gasteiger partial charge in [-0.05, 0) is 12.1 Å². The van der Waals surface area contributed by atoms with Crippen LogP contribution in [0.1, 0.15) is 0 Å². The van der Waals surface area contributed by atoms with Crippen molar-refractivity contribution in [3.63, 3.8) is 0 Å². The molecule has 0 spiro atoms. The van der Waals surface area contributed by atoms with Crippen molar-refractivity contribution >= 4 is 11.4 Å². The van der Waals surface area contributed by atoms with Crippen molar-refractivity contribution in [2.45, 2.75) is 0 Å². The van der Waals surface area contributed by atoms with Gasteiger partial charge in [-0.15, -0.1) is 0 Å². The Balaban J connectivity index is 0. The van der Waals surface area contributed by atoms with E-state index in [4.69, 9.17) is 10.1 Å². The number of morpholine rings is 1. The number of rotatable bonds is 1. The average Bonchev–Trinajstić information content (AvgIpc) is 2.30. The fourth-order valence-electron chi connectivity index (χ4n) is 1.55. The quantitative estimate of drug-likeness (QED) is 0.390. The van der Waals surface area contributed by atoms with Crippen LogP contribution in [0.15, 0.2) is 24.3 Å². The third-order valence-electron chi connectivity index (χ3n) is 2.34. The molecule has 17 heavy (non-hydrogen) atoms. The van der Waals surface area contributed by atoms with Gasteiger partial charge in [-0.2, -0.15) is 0 Å². The summed E-state index contributed by atoms with van der Waals surface area (Å²) in [5, 5.41) is 8.53. The number of hydrogen-bond acceptors (Lipinski definition) is 3. The zero-order chi connectivity index (χ0) is 9.80. The summed E-state index contributed by atoms with van der Waals surface area (Å²) in [4.78, 5) is 5.37. The molecule has 0 aromatic heterocycles. The number of nitrogens with zero attached hydrogens (tertiary/aromatic N) is 3. The van der Waals surface area contributed by atoms with Gasteiger partial charge < -0.3 is 34.5 Å². The van der Waals surface area contributed by atoms with Gasteiger partial charge in [-0.25, -0.2) is 0 Å². The van der Waals surface area contributed by atoms with E-state index < -0.39 is 0 Å². The molecular formula is C10H12Cl2N3OZn-. The molecule has 0 saturated carbocycles. The Bertz CT molecular complexity index is 350. The molecule has 1 saturated heterocycles. The average molecular weight is 327 g/mol. The van der Waals surface area contributed by atoms with E-state index in [2.05, 4.69) is 9.88 Å². The first kappa shape index (κ1) is 19.0. The molecule has 0 atom stereocenters. The predicted molar refractivity (Wildman–Crippen MR) is 54.2 cm³/mol. The van der Waals surface area contributed by atoms with E-state index in [1.807, 2.05) is 12.1 Å². The molecule has 1 aromatic carbocycles. The van der Waals surface area contributed by atoms with Crippen LogP contribution in [0, 0.1) is 5.39 Å². The molecule has 0 aliphatic carbocycles. The number of ether oxygens (including phenoxy) is 1. The molecule has 7 heteroatoms. The molecule has 1 heterocycles. The summed E-state index contributed by atoms with van der Waals surface area (Å²) in [6.45, 7) is 3.42. The van der Waals surface area contributed by atoms with Crippen molar-refractivity contribution in [2.75, 3.05) is 31.2 Å². The minimum absolute atomic E-state index is 0. The maximum absolute atomic E-state index is 8.53. The second-order valence-corrected chi connectivity index (χ2v) is 3.22. The van der Waals surface area contributed by atoms with E-state index in [-0.39, 0.29) is 44.3 Å². The van der Waals surface area contributed by atoms with Crippen LogP contribution in [0.4, 0.5) is 11.4 Å². The first-order valence-corrected chi connectivity index (χ1v) is 4.68. The Morgan fingerprint density at radius 2 is 1.59 bits per heavy atom. The molecule has 1 aromatic rings. The predicted octanol–water partition coefficient (Wildman–Crippen LogP) is -3.99. The van der Waals surface area contributed by atoms with Crippen LogP contribution in [0.3, 0.4) is 0 Å². The van der Waals surface area contributed by atoms with Gasteiger partial charge in [0.25, 0.3) is 0 Å². The van der Waals surface area contributed by atoms with Crippen LogP contribution in [0.25, 0.3) is 4.98 Å². The Hall–Kier alpha value is -0.397. The Labute approximate surface area is 126 Å². The molecule has 2 rings (SSSR count). The van der Waals surface area contributed by atoms with E-state index in [9.17, 15) is 0 Å². The van der Waals surface area contributed by atoms with E-state index in [0.29, 0.717) is 5.69 Å². The molecule has 90 valence electrons. The second kappa shape index (κ2) is 9.61. The third kappa shape index (κ3) is 5.18. The van der Waals surface area contributed by atoms with Crippen LogP contribution in [0.5, 0.6) is 0 Å². The van der Waals surface area contributed by atoms with Gasteiger partial charge in [0, 0.05) is 50.4 Å². The summed E-state index contributed by atoms with van der Waals surface area (Å²) in [6.07, 6.45) is 0. The number of benzene rings is 1. The van der Waals surface area contributed by atoms with Crippen LogP contribution < -0.4 is 29.7 Å². The summed E-state index contributed by atoms with van der Waals surface area (Å²) >= 11 is 0. The molecule has 1 fully saturated rings. The smallest absolute Gasteiger partial charge is 0.385 e. The minimum atomic E-state index is 0. The molecule has 0 radical (unpaired) electrons. The van der Waals surface area contributed by atoms with Crippen molar-refractivity contribution in [2.24, 2.45) is 0 Å². The zero-order valence-electron chi connectivity index (χ0n) is 9.35. The third-order valence-corrected chi connectivity index (χ3v) is 2.34. The molecule has 1 aliphatic rings. The zero-order valence-corrected chi connectivity index (χ0v) is 13.8. The summed E-state index contributed by atoms with van der Waals surface area (Å²) in [6, 6.07) is 7.51. The Kier molecular flexibility index (Phi) is 10.7. The minimum Gasteiger partial charge on any atom is -1.00 e. The topological polar surface area (TPSA) is 40.6 Å². The van der Waals surface area contributed by atoms with Crippen LogP contribution in [0.2, 0.25) is 0 Å². The van der Waals surface area contributed by atoms with Gasteiger partial charge in [-0.3, -0.25) is 0 Å². The van der Waals surface area contributed by atoms with Crippen molar-refractivity contribution < 1.29 is 49.0 Å². The summed E-state index contributed by atoms with van der Waals surface area (Å²) in [5.74, 6) is 0. The van der Waals surface area contributed by atoms with Gasteiger partial charge in [0.2, 0.25) is 5.39 Å². The molecule has 0 unspecified atom stereocenters. The summed E-state index contributed by atoms with van der Waals surface area (Å²) < 4.78 is 5.27. The summed E-state index contributed by atoms with van der Waals surface area (Å²) in [5.41, 5.74) is 1.74. The SMILES string of the molecule is N#[N+]c1ccc(N2CCOCC2)cc1.[Cl-].[Cl-].[Zn]. The van der Waals surface area contributed by atoms with E-state index in [1.165, 1.54) is 0 Å². The van der Waals surface area contributed by atoms with Crippen molar-refractivity contribution in [1.29, 1.82) is 5.39 Å². The summed E-state index contributed by atoms with van der Waals surface area (Å²) in [7, 11) is 0. The number of halogens is 2. The maximum atomic E-state index is 8.53. The maximum Gasteiger partial charge on any atom is 0.385 e. The van der Waals surface area contributed by atoms with E-state index >= 15 is 0 Å². The fraction of sp³-hybridized carbons (Fsp3) is 0.400. The monoisotopic (exact) mass is 324 g/mol. The second-order valence-electron chi connectivity index (χ2n) is 3.22. The molecule has 1 aliphatic heterocycles. The molecule has 0 N–H and O–H groups in total. The normalized spacial score (nSPS) is 13.5. The first-order chi connectivity index (χ1) is 6.90. The first-order valence-electron chi connectivity index (χ1n) is 4.68. The van der Waals surface area contributed by atoms with Crippen LogP contribution in [-0.4, -0.2) is 26.3 Å². The number of diazo groups is 1. The standard InChI is InChI=1S/C10H12N3O.2ClH.Zn/c11-12-9-1-3-10(4-2-9)13-5-7-14-8-6-13;;;/h1-4H,5-8H2;2*1H;/q+1;;;/p-2. The van der Waals surface area contributed by atoms with E-state index in [1.54, 1.807) is 12.1 Å². The fourth-order valence-corrected chi connectivity index (χ4v) is 1.55. The van der Waals surface area contributed by atoms with Gasteiger partial charge in [0.05, 0.1) is 13.2 Å². The van der Waals surface area contributed by atoms with Crippen molar-refractivity contribution in [3.05, 3.63) is 29.2 Å². The van der Waals surface area contributed by atoms with Gasteiger partial charge in [0.15, 0.2) is 4.98 Å². The van der Waals surface area contributed by atoms with Gasteiger partial charge >= 0.3 is 5.69 Å². The van der Waals surface area contributed by atoms with Crippen LogP contribution >= 0.6 is 0 Å². The van der Waals surface area contributed by atoms with Crippen molar-refractivity contribution in [3.8, 4) is 0 Å². The van der Waals surface area contributed by atoms with Gasteiger partial charge in [-0.1, -0.05) is 0 Å².